The van der Waals surface area contributed by atoms with Crippen LogP contribution in [-0.2, 0) is 9.84 Å². The molecule has 0 amide bonds. The van der Waals surface area contributed by atoms with E-state index in [1.54, 1.807) is 12.1 Å². The Morgan fingerprint density at radius 3 is 2.21 bits per heavy atom. The SMILES string of the molecule is C=C1CC1S(=O)(=O)c1ccc(C)cc1. The van der Waals surface area contributed by atoms with Gasteiger partial charge in [-0.1, -0.05) is 29.8 Å². The Morgan fingerprint density at radius 1 is 1.29 bits per heavy atom. The first-order valence-electron chi connectivity index (χ1n) is 4.50. The molecule has 0 N–H and O–H groups in total. The Hall–Kier alpha value is -1.09. The van der Waals surface area contributed by atoms with Crippen LogP contribution in [0.1, 0.15) is 12.0 Å². The molecule has 74 valence electrons. The third kappa shape index (κ3) is 1.48. The summed E-state index contributed by atoms with van der Waals surface area (Å²) in [6.45, 7) is 5.62. The predicted molar refractivity (Wildman–Crippen MR) is 55.9 cm³/mol. The lowest BCUT2D eigenvalue weighted by Gasteiger charge is -2.01. The van der Waals surface area contributed by atoms with Gasteiger partial charge in [0.1, 0.15) is 0 Å². The van der Waals surface area contributed by atoms with Crippen molar-refractivity contribution in [1.82, 2.24) is 0 Å². The molecule has 1 aliphatic rings. The van der Waals surface area contributed by atoms with Crippen LogP contribution < -0.4 is 0 Å². The number of benzene rings is 1. The van der Waals surface area contributed by atoms with Gasteiger partial charge in [-0.2, -0.15) is 0 Å². The van der Waals surface area contributed by atoms with Gasteiger partial charge in [-0.25, -0.2) is 8.42 Å². The van der Waals surface area contributed by atoms with E-state index in [1.807, 2.05) is 19.1 Å². The van der Waals surface area contributed by atoms with Crippen LogP contribution in [0.25, 0.3) is 0 Å². The summed E-state index contributed by atoms with van der Waals surface area (Å²) in [4.78, 5) is 0.409. The Morgan fingerprint density at radius 2 is 1.79 bits per heavy atom. The third-order valence-corrected chi connectivity index (χ3v) is 4.65. The summed E-state index contributed by atoms with van der Waals surface area (Å²) in [6.07, 6.45) is 0.621. The molecule has 1 aromatic carbocycles. The lowest BCUT2D eigenvalue weighted by Crippen LogP contribution is -2.07. The minimum Gasteiger partial charge on any atom is -0.223 e. The molecule has 0 saturated heterocycles. The average Bonchev–Trinajstić information content (AvgIpc) is 2.84. The van der Waals surface area contributed by atoms with Crippen LogP contribution in [0.3, 0.4) is 0 Å². The number of rotatable bonds is 2. The van der Waals surface area contributed by atoms with Crippen molar-refractivity contribution in [2.75, 3.05) is 0 Å². The van der Waals surface area contributed by atoms with E-state index in [2.05, 4.69) is 6.58 Å². The second-order valence-electron chi connectivity index (χ2n) is 3.71. The van der Waals surface area contributed by atoms with Gasteiger partial charge in [0.15, 0.2) is 9.84 Å². The second-order valence-corrected chi connectivity index (χ2v) is 5.84. The van der Waals surface area contributed by atoms with E-state index in [1.165, 1.54) is 0 Å². The highest BCUT2D eigenvalue weighted by atomic mass is 32.2. The van der Waals surface area contributed by atoms with Crippen LogP contribution in [0.15, 0.2) is 41.3 Å². The zero-order valence-corrected chi connectivity index (χ0v) is 8.84. The van der Waals surface area contributed by atoms with Crippen molar-refractivity contribution in [3.63, 3.8) is 0 Å². The quantitative estimate of drug-likeness (QED) is 0.697. The van der Waals surface area contributed by atoms with Crippen LogP contribution in [0, 0.1) is 6.92 Å². The molecule has 0 heterocycles. The summed E-state index contributed by atoms with van der Waals surface area (Å²) in [5, 5.41) is -0.329. The maximum atomic E-state index is 11.9. The molecular weight excluding hydrogens is 196 g/mol. The van der Waals surface area contributed by atoms with E-state index in [0.717, 1.165) is 11.1 Å². The molecule has 1 atom stereocenters. The Labute approximate surface area is 84.2 Å². The third-order valence-electron chi connectivity index (χ3n) is 2.47. The summed E-state index contributed by atoms with van der Waals surface area (Å²) >= 11 is 0. The first kappa shape index (κ1) is 9.46. The highest BCUT2D eigenvalue weighted by Crippen LogP contribution is 2.38. The molecular formula is C11H12O2S. The van der Waals surface area contributed by atoms with Gasteiger partial charge in [0.25, 0.3) is 0 Å². The van der Waals surface area contributed by atoms with Crippen molar-refractivity contribution in [3.8, 4) is 0 Å². The molecule has 2 nitrogen and oxygen atoms in total. The molecule has 1 unspecified atom stereocenters. The topological polar surface area (TPSA) is 34.1 Å². The Kier molecular flexibility index (Phi) is 2.00. The van der Waals surface area contributed by atoms with E-state index < -0.39 is 9.84 Å². The molecule has 0 bridgehead atoms. The summed E-state index contributed by atoms with van der Waals surface area (Å²) < 4.78 is 23.7. The molecule has 0 aromatic heterocycles. The summed E-state index contributed by atoms with van der Waals surface area (Å²) in [5.41, 5.74) is 1.89. The number of hydrogen-bond donors (Lipinski definition) is 0. The summed E-state index contributed by atoms with van der Waals surface area (Å²) in [7, 11) is -3.13. The van der Waals surface area contributed by atoms with Crippen LogP contribution >= 0.6 is 0 Å². The fourth-order valence-corrected chi connectivity index (χ4v) is 3.12. The molecule has 1 saturated carbocycles. The molecule has 0 spiro atoms. The smallest absolute Gasteiger partial charge is 0.185 e. The van der Waals surface area contributed by atoms with E-state index >= 15 is 0 Å². The van der Waals surface area contributed by atoms with E-state index in [9.17, 15) is 8.42 Å². The molecule has 2 rings (SSSR count). The van der Waals surface area contributed by atoms with E-state index in [-0.39, 0.29) is 5.25 Å². The number of aryl methyl sites for hydroxylation is 1. The first-order chi connectivity index (χ1) is 6.51. The summed E-state index contributed by atoms with van der Waals surface area (Å²) in [5.74, 6) is 0. The van der Waals surface area contributed by atoms with E-state index in [0.29, 0.717) is 11.3 Å². The van der Waals surface area contributed by atoms with Gasteiger partial charge in [-0.05, 0) is 25.5 Å². The summed E-state index contributed by atoms with van der Waals surface area (Å²) in [6, 6.07) is 6.96. The zero-order valence-electron chi connectivity index (χ0n) is 8.03. The van der Waals surface area contributed by atoms with Gasteiger partial charge in [-0.15, -0.1) is 0 Å². The zero-order chi connectivity index (χ0) is 10.3. The maximum Gasteiger partial charge on any atom is 0.185 e. The van der Waals surface area contributed by atoms with Gasteiger partial charge in [-0.3, -0.25) is 0 Å². The van der Waals surface area contributed by atoms with Gasteiger partial charge in [0, 0.05) is 0 Å². The Bertz CT molecular complexity index is 469. The normalized spacial score (nSPS) is 20.9. The van der Waals surface area contributed by atoms with Crippen molar-refractivity contribution >= 4 is 9.84 Å². The minimum absolute atomic E-state index is 0.329. The highest BCUT2D eigenvalue weighted by Gasteiger charge is 2.40. The molecule has 1 aromatic rings. The van der Waals surface area contributed by atoms with Crippen LogP contribution in [0.5, 0.6) is 0 Å². The molecule has 14 heavy (non-hydrogen) atoms. The van der Waals surface area contributed by atoms with Crippen LogP contribution in [0.4, 0.5) is 0 Å². The number of sulfone groups is 1. The van der Waals surface area contributed by atoms with Crippen molar-refractivity contribution in [2.45, 2.75) is 23.5 Å². The largest absolute Gasteiger partial charge is 0.223 e. The monoisotopic (exact) mass is 208 g/mol. The Balaban J connectivity index is 2.40. The first-order valence-corrected chi connectivity index (χ1v) is 6.04. The fourth-order valence-electron chi connectivity index (χ4n) is 1.40. The molecule has 3 heteroatoms. The van der Waals surface area contributed by atoms with Gasteiger partial charge in [0.05, 0.1) is 10.1 Å². The highest BCUT2D eigenvalue weighted by molar-refractivity contribution is 7.92. The van der Waals surface area contributed by atoms with Crippen molar-refractivity contribution in [3.05, 3.63) is 42.0 Å². The average molecular weight is 208 g/mol. The lowest BCUT2D eigenvalue weighted by atomic mass is 10.2. The van der Waals surface area contributed by atoms with Gasteiger partial charge in [0.2, 0.25) is 0 Å². The molecule has 0 radical (unpaired) electrons. The molecule has 0 aliphatic heterocycles. The maximum absolute atomic E-state index is 11.9. The number of hydrogen-bond acceptors (Lipinski definition) is 2. The lowest BCUT2D eigenvalue weighted by molar-refractivity contribution is 0.595. The van der Waals surface area contributed by atoms with Gasteiger partial charge < -0.3 is 0 Å². The molecule has 1 fully saturated rings. The second kappa shape index (κ2) is 2.95. The van der Waals surface area contributed by atoms with Crippen LogP contribution in [0.2, 0.25) is 0 Å². The fraction of sp³-hybridized carbons (Fsp3) is 0.273. The minimum atomic E-state index is -3.13. The predicted octanol–water partition coefficient (Wildman–Crippen LogP) is 2.10. The van der Waals surface area contributed by atoms with Crippen molar-refractivity contribution < 1.29 is 8.42 Å². The standard InChI is InChI=1S/C11H12O2S/c1-8-3-5-10(6-4-8)14(12,13)11-7-9(11)2/h3-6,11H,2,7H2,1H3. The van der Waals surface area contributed by atoms with Crippen molar-refractivity contribution in [2.24, 2.45) is 0 Å². The van der Waals surface area contributed by atoms with E-state index in [4.69, 9.17) is 0 Å². The molecule has 1 aliphatic carbocycles. The van der Waals surface area contributed by atoms with Gasteiger partial charge >= 0.3 is 0 Å². The van der Waals surface area contributed by atoms with Crippen molar-refractivity contribution in [1.29, 1.82) is 0 Å². The van der Waals surface area contributed by atoms with Crippen LogP contribution in [-0.4, -0.2) is 13.7 Å².